The van der Waals surface area contributed by atoms with Crippen LogP contribution >= 0.6 is 24.8 Å². The number of amides is 1. The molecule has 5 nitrogen and oxygen atoms in total. The summed E-state index contributed by atoms with van der Waals surface area (Å²) in [7, 11) is 1.98. The van der Waals surface area contributed by atoms with Crippen molar-refractivity contribution in [2.75, 3.05) is 26.7 Å². The molecule has 1 amide bonds. The van der Waals surface area contributed by atoms with Crippen molar-refractivity contribution in [2.45, 2.75) is 25.8 Å². The molecule has 0 radical (unpaired) electrons. The SMILES string of the molecule is CNCC1CCCN(C(=O)CCn2cnc3ccccc32)C1.Cl.Cl. The number of hydrogen-bond donors (Lipinski definition) is 1. The number of hydrogen-bond acceptors (Lipinski definition) is 3. The number of likely N-dealkylation sites (tertiary alicyclic amines) is 1. The van der Waals surface area contributed by atoms with Crippen molar-refractivity contribution in [1.29, 1.82) is 0 Å². The maximum absolute atomic E-state index is 12.5. The van der Waals surface area contributed by atoms with Crippen molar-refractivity contribution in [1.82, 2.24) is 19.8 Å². The van der Waals surface area contributed by atoms with Crippen LogP contribution in [0.3, 0.4) is 0 Å². The van der Waals surface area contributed by atoms with E-state index >= 15 is 0 Å². The van der Waals surface area contributed by atoms with Gasteiger partial charge in [0, 0.05) is 26.1 Å². The summed E-state index contributed by atoms with van der Waals surface area (Å²) in [5.41, 5.74) is 2.09. The van der Waals surface area contributed by atoms with Gasteiger partial charge < -0.3 is 14.8 Å². The van der Waals surface area contributed by atoms with Gasteiger partial charge in [-0.1, -0.05) is 12.1 Å². The fraction of sp³-hybridized carbons (Fsp3) is 0.529. The summed E-state index contributed by atoms with van der Waals surface area (Å²) in [5, 5.41) is 3.22. The summed E-state index contributed by atoms with van der Waals surface area (Å²) < 4.78 is 2.07. The molecule has 0 spiro atoms. The number of piperidine rings is 1. The zero-order valence-corrected chi connectivity index (χ0v) is 15.6. The summed E-state index contributed by atoms with van der Waals surface area (Å²) in [5.74, 6) is 0.857. The van der Waals surface area contributed by atoms with Gasteiger partial charge in [0.2, 0.25) is 5.91 Å². The molecule has 1 fully saturated rings. The van der Waals surface area contributed by atoms with E-state index < -0.39 is 0 Å². The van der Waals surface area contributed by atoms with Gasteiger partial charge in [0.05, 0.1) is 17.4 Å². The molecule has 0 bridgehead atoms. The number of imidazole rings is 1. The molecule has 1 aliphatic heterocycles. The Labute approximate surface area is 155 Å². The van der Waals surface area contributed by atoms with Gasteiger partial charge in [0.15, 0.2) is 0 Å². The second kappa shape index (κ2) is 9.87. The van der Waals surface area contributed by atoms with Crippen molar-refractivity contribution >= 4 is 41.8 Å². The molecule has 3 rings (SSSR count). The third-order valence-corrected chi connectivity index (χ3v) is 4.46. The Balaban J connectivity index is 0.00000144. The van der Waals surface area contributed by atoms with Crippen molar-refractivity contribution < 1.29 is 4.79 Å². The van der Waals surface area contributed by atoms with Crippen molar-refractivity contribution in [3.05, 3.63) is 30.6 Å². The van der Waals surface area contributed by atoms with Crippen LogP contribution in [-0.4, -0.2) is 47.0 Å². The quantitative estimate of drug-likeness (QED) is 0.877. The minimum absolute atomic E-state index is 0. The van der Waals surface area contributed by atoms with Gasteiger partial charge in [-0.3, -0.25) is 4.79 Å². The molecule has 1 N–H and O–H groups in total. The third kappa shape index (κ3) is 4.85. The van der Waals surface area contributed by atoms with Gasteiger partial charge >= 0.3 is 0 Å². The minimum atomic E-state index is 0. The summed E-state index contributed by atoms with van der Waals surface area (Å²) in [4.78, 5) is 18.9. The van der Waals surface area contributed by atoms with E-state index in [2.05, 4.69) is 20.9 Å². The van der Waals surface area contributed by atoms with E-state index in [9.17, 15) is 4.79 Å². The second-order valence-electron chi connectivity index (χ2n) is 6.08. The first-order chi connectivity index (χ1) is 10.8. The van der Waals surface area contributed by atoms with Crippen LogP contribution in [0.25, 0.3) is 11.0 Å². The third-order valence-electron chi connectivity index (χ3n) is 4.46. The maximum Gasteiger partial charge on any atom is 0.224 e. The Bertz CT molecular complexity index is 644. The van der Waals surface area contributed by atoms with E-state index in [1.54, 1.807) is 0 Å². The molecule has 1 saturated heterocycles. The monoisotopic (exact) mass is 372 g/mol. The highest BCUT2D eigenvalue weighted by atomic mass is 35.5. The predicted octanol–water partition coefficient (Wildman–Crippen LogP) is 2.73. The van der Waals surface area contributed by atoms with E-state index in [-0.39, 0.29) is 30.7 Å². The Hall–Kier alpha value is -1.30. The molecule has 1 aromatic heterocycles. The Kier molecular flexibility index (Phi) is 8.53. The summed E-state index contributed by atoms with van der Waals surface area (Å²) in [6.07, 6.45) is 4.72. The van der Waals surface area contributed by atoms with Crippen LogP contribution in [0, 0.1) is 5.92 Å². The van der Waals surface area contributed by atoms with Crippen LogP contribution in [0.1, 0.15) is 19.3 Å². The predicted molar refractivity (Wildman–Crippen MR) is 102 cm³/mol. The average Bonchev–Trinajstić information content (AvgIpc) is 2.96. The number of fused-ring (bicyclic) bond motifs is 1. The minimum Gasteiger partial charge on any atom is -0.342 e. The first kappa shape index (κ1) is 20.7. The molecule has 1 unspecified atom stereocenters. The smallest absolute Gasteiger partial charge is 0.224 e. The van der Waals surface area contributed by atoms with Gasteiger partial charge in [-0.2, -0.15) is 0 Å². The lowest BCUT2D eigenvalue weighted by Gasteiger charge is -2.32. The van der Waals surface area contributed by atoms with Crippen LogP contribution in [0.5, 0.6) is 0 Å². The van der Waals surface area contributed by atoms with Crippen LogP contribution in [0.2, 0.25) is 0 Å². The Morgan fingerprint density at radius 3 is 2.92 bits per heavy atom. The van der Waals surface area contributed by atoms with Crippen molar-refractivity contribution in [3.8, 4) is 0 Å². The number of aromatic nitrogens is 2. The Morgan fingerprint density at radius 2 is 2.12 bits per heavy atom. The van der Waals surface area contributed by atoms with E-state index in [1.807, 2.05) is 36.5 Å². The number of rotatable bonds is 5. The van der Waals surface area contributed by atoms with E-state index in [0.29, 0.717) is 18.9 Å². The second-order valence-corrected chi connectivity index (χ2v) is 6.08. The van der Waals surface area contributed by atoms with E-state index in [4.69, 9.17) is 0 Å². The van der Waals surface area contributed by atoms with Crippen molar-refractivity contribution in [3.63, 3.8) is 0 Å². The Morgan fingerprint density at radius 1 is 1.33 bits per heavy atom. The number of nitrogens with one attached hydrogen (secondary N) is 1. The summed E-state index contributed by atoms with van der Waals surface area (Å²) in [6, 6.07) is 8.05. The first-order valence-electron chi connectivity index (χ1n) is 8.10. The fourth-order valence-corrected chi connectivity index (χ4v) is 3.31. The number of halogens is 2. The van der Waals surface area contributed by atoms with Gasteiger partial charge in [-0.15, -0.1) is 24.8 Å². The van der Waals surface area contributed by atoms with Crippen LogP contribution < -0.4 is 5.32 Å². The highest BCUT2D eigenvalue weighted by Gasteiger charge is 2.22. The molecular weight excluding hydrogens is 347 g/mol. The number of para-hydroxylation sites is 2. The van der Waals surface area contributed by atoms with Crippen molar-refractivity contribution in [2.24, 2.45) is 5.92 Å². The lowest BCUT2D eigenvalue weighted by atomic mass is 9.98. The first-order valence-corrected chi connectivity index (χ1v) is 8.10. The zero-order chi connectivity index (χ0) is 15.4. The lowest BCUT2D eigenvalue weighted by molar-refractivity contribution is -0.133. The van der Waals surface area contributed by atoms with Crippen LogP contribution in [0.15, 0.2) is 30.6 Å². The molecule has 0 aliphatic carbocycles. The van der Waals surface area contributed by atoms with Crippen LogP contribution in [0.4, 0.5) is 0 Å². The maximum atomic E-state index is 12.5. The van der Waals surface area contributed by atoms with Gasteiger partial charge in [-0.25, -0.2) is 4.98 Å². The largest absolute Gasteiger partial charge is 0.342 e. The molecule has 1 atom stereocenters. The summed E-state index contributed by atoms with van der Waals surface area (Å²) >= 11 is 0. The average molecular weight is 373 g/mol. The van der Waals surface area contributed by atoms with E-state index in [0.717, 1.165) is 37.1 Å². The van der Waals surface area contributed by atoms with Gasteiger partial charge in [0.1, 0.15) is 0 Å². The molecule has 24 heavy (non-hydrogen) atoms. The number of carbonyl (C=O) groups excluding carboxylic acids is 1. The zero-order valence-electron chi connectivity index (χ0n) is 14.0. The molecule has 1 aliphatic rings. The number of nitrogens with zero attached hydrogens (tertiary/aromatic N) is 3. The molecule has 0 saturated carbocycles. The summed E-state index contributed by atoms with van der Waals surface area (Å²) in [6.45, 7) is 3.50. The van der Waals surface area contributed by atoms with Gasteiger partial charge in [0.25, 0.3) is 0 Å². The topological polar surface area (TPSA) is 50.2 Å². The highest BCUT2D eigenvalue weighted by molar-refractivity contribution is 5.85. The lowest BCUT2D eigenvalue weighted by Crippen LogP contribution is -2.42. The fourth-order valence-electron chi connectivity index (χ4n) is 3.31. The molecule has 134 valence electrons. The molecule has 2 heterocycles. The molecule has 1 aromatic carbocycles. The number of carbonyl (C=O) groups is 1. The van der Waals surface area contributed by atoms with Gasteiger partial charge in [-0.05, 0) is 44.5 Å². The number of benzene rings is 1. The molecular formula is C17H26Cl2N4O. The standard InChI is InChI=1S/C17H24N4O.2ClH/c1-18-11-14-5-4-9-20(12-14)17(22)8-10-21-13-19-15-6-2-3-7-16(15)21;;/h2-3,6-7,13-14,18H,4-5,8-12H2,1H3;2*1H. The molecule has 2 aromatic rings. The van der Waals surface area contributed by atoms with E-state index in [1.165, 1.54) is 6.42 Å². The number of aryl methyl sites for hydroxylation is 1. The normalized spacial score (nSPS) is 17.2. The van der Waals surface area contributed by atoms with Crippen LogP contribution in [-0.2, 0) is 11.3 Å². The highest BCUT2D eigenvalue weighted by Crippen LogP contribution is 2.17. The molecule has 7 heteroatoms.